The van der Waals surface area contributed by atoms with Crippen LogP contribution >= 0.6 is 0 Å². The summed E-state index contributed by atoms with van der Waals surface area (Å²) in [6.07, 6.45) is 1.39. The first-order valence-electron chi connectivity index (χ1n) is 3.47. The van der Waals surface area contributed by atoms with E-state index in [0.717, 1.165) is 0 Å². The molecule has 0 heterocycles. The van der Waals surface area contributed by atoms with Gasteiger partial charge < -0.3 is 11.1 Å². The molecule has 0 aliphatic carbocycles. The van der Waals surface area contributed by atoms with Gasteiger partial charge in [-0.25, -0.2) is 8.78 Å². The van der Waals surface area contributed by atoms with Crippen LogP contribution in [0.4, 0.5) is 8.78 Å². The van der Waals surface area contributed by atoms with Crippen LogP contribution in [0.25, 0.3) is 0 Å². The highest BCUT2D eigenvalue weighted by Gasteiger charge is 2.26. The molecule has 0 spiro atoms. The van der Waals surface area contributed by atoms with Gasteiger partial charge in [-0.05, 0) is 0 Å². The smallest absolute Gasteiger partial charge is 0.277 e. The zero-order valence-electron chi connectivity index (χ0n) is 6.65. The van der Waals surface area contributed by atoms with E-state index in [0.29, 0.717) is 0 Å². The number of halogens is 2. The van der Waals surface area contributed by atoms with E-state index in [4.69, 9.17) is 5.73 Å². The van der Waals surface area contributed by atoms with Gasteiger partial charge in [-0.1, -0.05) is 6.08 Å². The van der Waals surface area contributed by atoms with Crippen molar-refractivity contribution in [2.75, 3.05) is 13.1 Å². The predicted molar refractivity (Wildman–Crippen MR) is 41.8 cm³/mol. The van der Waals surface area contributed by atoms with Crippen LogP contribution < -0.4 is 11.1 Å². The Balaban J connectivity index is 3.67. The Morgan fingerprint density at radius 3 is 2.67 bits per heavy atom. The number of amides is 1. The van der Waals surface area contributed by atoms with E-state index < -0.39 is 24.9 Å². The molecule has 12 heavy (non-hydrogen) atoms. The lowest BCUT2D eigenvalue weighted by Gasteiger charge is -2.13. The summed E-state index contributed by atoms with van der Waals surface area (Å²) in [4.78, 5) is 10.6. The van der Waals surface area contributed by atoms with Crippen LogP contribution in [-0.4, -0.2) is 24.9 Å². The van der Waals surface area contributed by atoms with Gasteiger partial charge in [0.2, 0.25) is 5.91 Å². The van der Waals surface area contributed by atoms with E-state index in [1.165, 1.54) is 6.08 Å². The highest BCUT2D eigenvalue weighted by atomic mass is 19.3. The number of nitrogens with one attached hydrogen (secondary N) is 1. The fraction of sp³-hybridized carbons (Fsp3) is 0.571. The third kappa shape index (κ3) is 4.79. The summed E-state index contributed by atoms with van der Waals surface area (Å²) in [5.41, 5.74) is 4.75. The Labute approximate surface area is 69.6 Å². The average molecular weight is 178 g/mol. The molecule has 0 aliphatic heterocycles. The maximum absolute atomic E-state index is 12.4. The number of nitrogens with two attached hydrogens (primary N) is 1. The lowest BCUT2D eigenvalue weighted by Crippen LogP contribution is -2.41. The number of alkyl halides is 2. The molecule has 1 amide bonds. The SMILES string of the molecule is C=CCC(=O)NCC(F)(F)CN. The molecule has 0 atom stereocenters. The van der Waals surface area contributed by atoms with E-state index in [9.17, 15) is 13.6 Å². The van der Waals surface area contributed by atoms with Gasteiger partial charge in [0, 0.05) is 6.42 Å². The Bertz CT molecular complexity index is 171. The first-order chi connectivity index (χ1) is 5.52. The van der Waals surface area contributed by atoms with Gasteiger partial charge in [-0.2, -0.15) is 0 Å². The van der Waals surface area contributed by atoms with Crippen molar-refractivity contribution in [1.29, 1.82) is 0 Å². The maximum Gasteiger partial charge on any atom is 0.277 e. The Kier molecular flexibility index (Phi) is 4.43. The van der Waals surface area contributed by atoms with E-state index >= 15 is 0 Å². The van der Waals surface area contributed by atoms with Crippen LogP contribution in [0.2, 0.25) is 0 Å². The molecule has 0 radical (unpaired) electrons. The maximum atomic E-state index is 12.4. The predicted octanol–water partition coefficient (Wildman–Crippen LogP) is 0.273. The molecular weight excluding hydrogens is 166 g/mol. The van der Waals surface area contributed by atoms with Crippen molar-refractivity contribution in [3.05, 3.63) is 12.7 Å². The molecule has 0 aromatic carbocycles. The summed E-state index contributed by atoms with van der Waals surface area (Å²) in [7, 11) is 0. The number of rotatable bonds is 5. The van der Waals surface area contributed by atoms with Crippen molar-refractivity contribution < 1.29 is 13.6 Å². The lowest BCUT2D eigenvalue weighted by atomic mass is 10.3. The van der Waals surface area contributed by atoms with Crippen LogP contribution in [0.3, 0.4) is 0 Å². The molecule has 0 aliphatic rings. The standard InChI is InChI=1S/C7H12F2N2O/c1-2-3-6(12)11-5-7(8,9)4-10/h2H,1,3-5,10H2,(H,11,12). The normalized spacial score (nSPS) is 10.9. The molecule has 70 valence electrons. The quantitative estimate of drug-likeness (QED) is 0.594. The number of hydrogen-bond donors (Lipinski definition) is 2. The summed E-state index contributed by atoms with van der Waals surface area (Å²) in [5.74, 6) is -3.49. The molecule has 0 aromatic heterocycles. The van der Waals surface area contributed by atoms with Crippen LogP contribution in [0.1, 0.15) is 6.42 Å². The summed E-state index contributed by atoms with van der Waals surface area (Å²) in [5, 5.41) is 2.03. The second-order valence-corrected chi connectivity index (χ2v) is 2.33. The van der Waals surface area contributed by atoms with E-state index in [1.54, 1.807) is 0 Å². The summed E-state index contributed by atoms with van der Waals surface area (Å²) < 4.78 is 24.8. The highest BCUT2D eigenvalue weighted by molar-refractivity contribution is 5.77. The molecule has 3 N–H and O–H groups in total. The Morgan fingerprint density at radius 1 is 1.67 bits per heavy atom. The van der Waals surface area contributed by atoms with Crippen molar-refractivity contribution in [3.63, 3.8) is 0 Å². The minimum absolute atomic E-state index is 0.0423. The minimum atomic E-state index is -3.02. The number of hydrogen-bond acceptors (Lipinski definition) is 2. The van der Waals surface area contributed by atoms with Crippen molar-refractivity contribution in [2.45, 2.75) is 12.3 Å². The van der Waals surface area contributed by atoms with Gasteiger partial charge in [0.05, 0.1) is 13.1 Å². The van der Waals surface area contributed by atoms with E-state index in [-0.39, 0.29) is 6.42 Å². The van der Waals surface area contributed by atoms with Crippen LogP contribution in [0, 0.1) is 0 Å². The number of carbonyl (C=O) groups excluding carboxylic acids is 1. The van der Waals surface area contributed by atoms with Crippen LogP contribution in [-0.2, 0) is 4.79 Å². The van der Waals surface area contributed by atoms with Gasteiger partial charge in [0.25, 0.3) is 5.92 Å². The second kappa shape index (κ2) is 4.82. The summed E-state index contributed by atoms with van der Waals surface area (Å²) in [6, 6.07) is 0. The largest absolute Gasteiger partial charge is 0.350 e. The molecule has 5 heteroatoms. The summed E-state index contributed by atoms with van der Waals surface area (Å²) >= 11 is 0. The van der Waals surface area contributed by atoms with Crippen LogP contribution in [0.15, 0.2) is 12.7 Å². The van der Waals surface area contributed by atoms with Gasteiger partial charge >= 0.3 is 0 Å². The van der Waals surface area contributed by atoms with Gasteiger partial charge in [-0.3, -0.25) is 4.79 Å². The van der Waals surface area contributed by atoms with E-state index in [1.807, 2.05) is 5.32 Å². The lowest BCUT2D eigenvalue weighted by molar-refractivity contribution is -0.122. The van der Waals surface area contributed by atoms with E-state index in [2.05, 4.69) is 6.58 Å². The molecule has 0 rings (SSSR count). The average Bonchev–Trinajstić information content (AvgIpc) is 2.02. The molecule has 0 unspecified atom stereocenters. The Morgan fingerprint density at radius 2 is 2.25 bits per heavy atom. The monoisotopic (exact) mass is 178 g/mol. The molecular formula is C7H12F2N2O. The zero-order valence-corrected chi connectivity index (χ0v) is 6.65. The first-order valence-corrected chi connectivity index (χ1v) is 3.47. The van der Waals surface area contributed by atoms with Gasteiger partial charge in [0.15, 0.2) is 0 Å². The van der Waals surface area contributed by atoms with Crippen molar-refractivity contribution in [3.8, 4) is 0 Å². The minimum Gasteiger partial charge on any atom is -0.350 e. The van der Waals surface area contributed by atoms with Crippen molar-refractivity contribution in [1.82, 2.24) is 5.32 Å². The van der Waals surface area contributed by atoms with Crippen LogP contribution in [0.5, 0.6) is 0 Å². The Hall–Kier alpha value is -0.970. The third-order valence-corrected chi connectivity index (χ3v) is 1.17. The number of carbonyl (C=O) groups is 1. The first kappa shape index (κ1) is 11.0. The fourth-order valence-corrected chi connectivity index (χ4v) is 0.503. The van der Waals surface area contributed by atoms with Gasteiger partial charge in [0.1, 0.15) is 0 Å². The topological polar surface area (TPSA) is 55.1 Å². The van der Waals surface area contributed by atoms with Crippen molar-refractivity contribution >= 4 is 5.91 Å². The molecule has 3 nitrogen and oxygen atoms in total. The second-order valence-electron chi connectivity index (χ2n) is 2.33. The molecule has 0 fully saturated rings. The van der Waals surface area contributed by atoms with Gasteiger partial charge in [-0.15, -0.1) is 6.58 Å². The summed E-state index contributed by atoms with van der Waals surface area (Å²) in [6.45, 7) is 1.82. The highest BCUT2D eigenvalue weighted by Crippen LogP contribution is 2.08. The molecule has 0 aromatic rings. The van der Waals surface area contributed by atoms with Crippen molar-refractivity contribution in [2.24, 2.45) is 5.73 Å². The molecule has 0 bridgehead atoms. The molecule has 0 saturated heterocycles. The fourth-order valence-electron chi connectivity index (χ4n) is 0.503. The molecule has 0 saturated carbocycles. The zero-order chi connectivity index (χ0) is 9.61. The third-order valence-electron chi connectivity index (χ3n) is 1.17.